The Morgan fingerprint density at radius 1 is 0.708 bits per heavy atom. The first-order valence-electron chi connectivity index (χ1n) is 6.85. The summed E-state index contributed by atoms with van der Waals surface area (Å²) < 4.78 is 0. The summed E-state index contributed by atoms with van der Waals surface area (Å²) in [4.78, 5) is 24.0. The normalized spacial score (nSPS) is 10.3. The van der Waals surface area contributed by atoms with Gasteiger partial charge in [-0.3, -0.25) is 9.59 Å². The molecule has 0 unspecified atom stereocenters. The highest BCUT2D eigenvalue weighted by molar-refractivity contribution is 6.37. The number of rotatable bonds is 5. The summed E-state index contributed by atoms with van der Waals surface area (Å²) >= 11 is 23.5. The minimum absolute atomic E-state index is 0.221. The van der Waals surface area contributed by atoms with E-state index in [1.54, 1.807) is 18.2 Å². The van der Waals surface area contributed by atoms with Gasteiger partial charge in [0.25, 0.3) is 11.8 Å². The number of nitrogens with one attached hydrogen (secondary N) is 2. The van der Waals surface area contributed by atoms with Gasteiger partial charge in [0.1, 0.15) is 0 Å². The molecule has 2 aromatic rings. The van der Waals surface area contributed by atoms with Crippen LogP contribution in [0.2, 0.25) is 20.1 Å². The number of benzene rings is 2. The Bertz CT molecular complexity index is 781. The second-order valence-electron chi connectivity index (χ2n) is 4.76. The molecule has 2 aromatic carbocycles. The maximum atomic E-state index is 12.0. The van der Waals surface area contributed by atoms with Crippen molar-refractivity contribution in [3.05, 3.63) is 67.6 Å². The van der Waals surface area contributed by atoms with Crippen LogP contribution in [0.25, 0.3) is 0 Å². The van der Waals surface area contributed by atoms with Crippen LogP contribution in [0.4, 0.5) is 0 Å². The Hall–Kier alpha value is -1.46. The summed E-state index contributed by atoms with van der Waals surface area (Å²) in [5.74, 6) is -0.729. The number of hydrogen-bond acceptors (Lipinski definition) is 2. The van der Waals surface area contributed by atoms with Crippen LogP contribution in [0.15, 0.2) is 36.4 Å². The van der Waals surface area contributed by atoms with Crippen LogP contribution in [0.3, 0.4) is 0 Å². The quantitative estimate of drug-likeness (QED) is 0.721. The number of amides is 2. The number of hydrogen-bond donors (Lipinski definition) is 2. The second-order valence-corrected chi connectivity index (χ2v) is 6.45. The molecular formula is C16H12Cl4N2O2. The van der Waals surface area contributed by atoms with Crippen molar-refractivity contribution in [2.24, 2.45) is 0 Å². The maximum absolute atomic E-state index is 12.0. The predicted molar refractivity (Wildman–Crippen MR) is 97.6 cm³/mol. The molecule has 0 bridgehead atoms. The van der Waals surface area contributed by atoms with Crippen LogP contribution in [0, 0.1) is 0 Å². The third-order valence-electron chi connectivity index (χ3n) is 3.04. The van der Waals surface area contributed by atoms with Crippen molar-refractivity contribution >= 4 is 58.2 Å². The lowest BCUT2D eigenvalue weighted by molar-refractivity contribution is 0.0928. The average molecular weight is 406 g/mol. The van der Waals surface area contributed by atoms with Gasteiger partial charge in [0.05, 0.1) is 21.2 Å². The molecule has 0 atom stereocenters. The van der Waals surface area contributed by atoms with Gasteiger partial charge >= 0.3 is 0 Å². The lowest BCUT2D eigenvalue weighted by atomic mass is 10.2. The molecule has 0 fully saturated rings. The third kappa shape index (κ3) is 5.02. The van der Waals surface area contributed by atoms with E-state index in [0.717, 1.165) is 0 Å². The van der Waals surface area contributed by atoms with Gasteiger partial charge < -0.3 is 10.6 Å². The number of carbonyl (C=O) groups is 2. The lowest BCUT2D eigenvalue weighted by Gasteiger charge is -2.09. The highest BCUT2D eigenvalue weighted by Crippen LogP contribution is 2.21. The van der Waals surface area contributed by atoms with Gasteiger partial charge in [0.2, 0.25) is 0 Å². The lowest BCUT2D eigenvalue weighted by Crippen LogP contribution is -2.34. The van der Waals surface area contributed by atoms with E-state index in [-0.39, 0.29) is 35.5 Å². The molecular weight excluding hydrogens is 394 g/mol. The first-order chi connectivity index (χ1) is 11.4. The largest absolute Gasteiger partial charge is 0.350 e. The second kappa shape index (κ2) is 8.58. The van der Waals surface area contributed by atoms with Crippen LogP contribution < -0.4 is 10.6 Å². The molecule has 2 rings (SSSR count). The fourth-order valence-corrected chi connectivity index (χ4v) is 2.76. The van der Waals surface area contributed by atoms with Gasteiger partial charge in [0.15, 0.2) is 0 Å². The zero-order chi connectivity index (χ0) is 17.7. The van der Waals surface area contributed by atoms with E-state index in [2.05, 4.69) is 10.6 Å². The molecule has 4 nitrogen and oxygen atoms in total. The van der Waals surface area contributed by atoms with Gasteiger partial charge in [-0.1, -0.05) is 46.4 Å². The summed E-state index contributed by atoms with van der Waals surface area (Å²) in [7, 11) is 0. The Labute approximate surface area is 159 Å². The fraction of sp³-hybridized carbons (Fsp3) is 0.125. The van der Waals surface area contributed by atoms with Gasteiger partial charge in [-0.2, -0.15) is 0 Å². The Morgan fingerprint density at radius 3 is 1.88 bits per heavy atom. The van der Waals surface area contributed by atoms with E-state index in [1.807, 2.05) is 0 Å². The Balaban J connectivity index is 1.85. The summed E-state index contributed by atoms with van der Waals surface area (Å²) in [5.41, 5.74) is 0.585. The molecule has 24 heavy (non-hydrogen) atoms. The van der Waals surface area contributed by atoms with Crippen molar-refractivity contribution in [2.45, 2.75) is 0 Å². The van der Waals surface area contributed by atoms with Gasteiger partial charge in [-0.15, -0.1) is 0 Å². The summed E-state index contributed by atoms with van der Waals surface area (Å²) in [6.07, 6.45) is 0. The van der Waals surface area contributed by atoms with Crippen molar-refractivity contribution in [2.75, 3.05) is 13.1 Å². The van der Waals surface area contributed by atoms with Gasteiger partial charge in [0, 0.05) is 23.1 Å². The first kappa shape index (κ1) is 18.9. The van der Waals surface area contributed by atoms with E-state index in [9.17, 15) is 9.59 Å². The smallest absolute Gasteiger partial charge is 0.252 e. The molecule has 0 aromatic heterocycles. The summed E-state index contributed by atoms with van der Waals surface area (Å²) in [6, 6.07) is 9.21. The molecule has 0 radical (unpaired) electrons. The van der Waals surface area contributed by atoms with E-state index in [1.165, 1.54) is 18.2 Å². The monoisotopic (exact) mass is 404 g/mol. The molecule has 0 spiro atoms. The van der Waals surface area contributed by atoms with Crippen LogP contribution >= 0.6 is 46.4 Å². The number of carbonyl (C=O) groups excluding carboxylic acids is 2. The van der Waals surface area contributed by atoms with Crippen molar-refractivity contribution in [3.63, 3.8) is 0 Å². The zero-order valence-electron chi connectivity index (χ0n) is 12.2. The summed E-state index contributed by atoms with van der Waals surface area (Å²) in [5, 5.41) is 6.72. The third-order valence-corrected chi connectivity index (χ3v) is 4.16. The Kier molecular flexibility index (Phi) is 6.75. The minimum atomic E-state index is -0.374. The molecule has 0 saturated heterocycles. The van der Waals surface area contributed by atoms with Crippen molar-refractivity contribution < 1.29 is 9.59 Å². The van der Waals surface area contributed by atoms with Crippen LogP contribution in [0.5, 0.6) is 0 Å². The molecule has 2 N–H and O–H groups in total. The van der Waals surface area contributed by atoms with Crippen LogP contribution in [-0.2, 0) is 0 Å². The van der Waals surface area contributed by atoms with E-state index in [4.69, 9.17) is 46.4 Å². The SMILES string of the molecule is O=C(NCCNC(=O)c1cc(Cl)ccc1Cl)c1ccc(Cl)cc1Cl. The average Bonchev–Trinajstić information content (AvgIpc) is 2.53. The number of halogens is 4. The van der Waals surface area contributed by atoms with Gasteiger partial charge in [-0.05, 0) is 36.4 Å². The van der Waals surface area contributed by atoms with Crippen LogP contribution in [-0.4, -0.2) is 24.9 Å². The molecule has 0 aliphatic carbocycles. The van der Waals surface area contributed by atoms with Gasteiger partial charge in [-0.25, -0.2) is 0 Å². The zero-order valence-corrected chi connectivity index (χ0v) is 15.2. The molecule has 0 heterocycles. The molecule has 2 amide bonds. The fourth-order valence-electron chi connectivity index (χ4n) is 1.89. The Morgan fingerprint density at radius 2 is 1.25 bits per heavy atom. The molecule has 0 saturated carbocycles. The maximum Gasteiger partial charge on any atom is 0.252 e. The predicted octanol–water partition coefficient (Wildman–Crippen LogP) is 4.46. The van der Waals surface area contributed by atoms with E-state index >= 15 is 0 Å². The van der Waals surface area contributed by atoms with E-state index in [0.29, 0.717) is 20.6 Å². The molecule has 0 aliphatic heterocycles. The van der Waals surface area contributed by atoms with Crippen molar-refractivity contribution in [1.29, 1.82) is 0 Å². The topological polar surface area (TPSA) is 58.2 Å². The van der Waals surface area contributed by atoms with E-state index < -0.39 is 0 Å². The summed E-state index contributed by atoms with van der Waals surface area (Å²) in [6.45, 7) is 0.445. The highest BCUT2D eigenvalue weighted by atomic mass is 35.5. The van der Waals surface area contributed by atoms with Crippen LogP contribution in [0.1, 0.15) is 20.7 Å². The van der Waals surface area contributed by atoms with Crippen molar-refractivity contribution in [3.8, 4) is 0 Å². The molecule has 0 aliphatic rings. The molecule has 8 heteroatoms. The first-order valence-corrected chi connectivity index (χ1v) is 8.36. The highest BCUT2D eigenvalue weighted by Gasteiger charge is 2.12. The standard InChI is InChI=1S/C16H12Cl4N2O2/c17-9-2-4-13(19)12(7-9)16(24)22-6-5-21-15(23)11-3-1-10(18)8-14(11)20/h1-4,7-8H,5-6H2,(H,21,23)(H,22,24). The minimum Gasteiger partial charge on any atom is -0.350 e. The molecule has 126 valence electrons. The van der Waals surface area contributed by atoms with Crippen molar-refractivity contribution in [1.82, 2.24) is 10.6 Å².